The number of rotatable bonds is 6. The summed E-state index contributed by atoms with van der Waals surface area (Å²) in [6, 6.07) is 8.40. The molecule has 1 aliphatic heterocycles. The molecule has 3 rings (SSSR count). The Morgan fingerprint density at radius 3 is 2.35 bits per heavy atom. The Morgan fingerprint density at radius 2 is 1.74 bits per heavy atom. The topological polar surface area (TPSA) is 84.9 Å². The van der Waals surface area contributed by atoms with Gasteiger partial charge < -0.3 is 14.8 Å². The molecule has 0 aromatic heterocycles. The third-order valence-electron chi connectivity index (χ3n) is 5.49. The molecule has 7 nitrogen and oxygen atoms in total. The molecule has 1 atom stereocenters. The summed E-state index contributed by atoms with van der Waals surface area (Å²) in [6.07, 6.45) is 1.25. The lowest BCUT2D eigenvalue weighted by Crippen LogP contribution is -2.43. The number of carbonyl (C=O) groups excluding carboxylic acids is 1. The second-order valence-electron chi connectivity index (χ2n) is 7.62. The lowest BCUT2D eigenvalue weighted by atomic mass is 9.98. The highest BCUT2D eigenvalue weighted by molar-refractivity contribution is 9.10. The first kappa shape index (κ1) is 23.6. The first-order chi connectivity index (χ1) is 14.7. The van der Waals surface area contributed by atoms with E-state index in [0.29, 0.717) is 30.9 Å². The van der Waals surface area contributed by atoms with Gasteiger partial charge in [-0.1, -0.05) is 15.9 Å². The minimum Gasteiger partial charge on any atom is -0.493 e. The Bertz CT molecular complexity index is 1060. The largest absolute Gasteiger partial charge is 0.493 e. The molecule has 168 valence electrons. The Kier molecular flexibility index (Phi) is 7.28. The fourth-order valence-corrected chi connectivity index (χ4v) is 6.06. The van der Waals surface area contributed by atoms with Gasteiger partial charge in [0, 0.05) is 29.3 Å². The Balaban J connectivity index is 1.79. The SMILES string of the molecule is COc1ccc(S(=O)(=O)N2CCC[C@H](C(=O)Nc3c(C)cc(Br)cc3C)C2)cc1OC. The highest BCUT2D eigenvalue weighted by atomic mass is 79.9. The number of carbonyl (C=O) groups is 1. The first-order valence-electron chi connectivity index (χ1n) is 9.97. The van der Waals surface area contributed by atoms with Gasteiger partial charge in [-0.05, 0) is 62.1 Å². The maximum absolute atomic E-state index is 13.2. The number of nitrogens with one attached hydrogen (secondary N) is 1. The lowest BCUT2D eigenvalue weighted by Gasteiger charge is -2.31. The van der Waals surface area contributed by atoms with Crippen LogP contribution in [-0.2, 0) is 14.8 Å². The number of aryl methyl sites for hydroxylation is 2. The fraction of sp³-hybridized carbons (Fsp3) is 0.409. The van der Waals surface area contributed by atoms with Crippen LogP contribution in [0.25, 0.3) is 0 Å². The van der Waals surface area contributed by atoms with Crippen LogP contribution in [-0.4, -0.2) is 45.9 Å². The van der Waals surface area contributed by atoms with Gasteiger partial charge >= 0.3 is 0 Å². The summed E-state index contributed by atoms with van der Waals surface area (Å²) in [5.74, 6) is 0.209. The van der Waals surface area contributed by atoms with E-state index in [1.807, 2.05) is 26.0 Å². The summed E-state index contributed by atoms with van der Waals surface area (Å²) in [5, 5.41) is 3.00. The summed E-state index contributed by atoms with van der Waals surface area (Å²) in [7, 11) is -0.815. The molecule has 0 spiro atoms. The molecule has 1 saturated heterocycles. The molecule has 0 radical (unpaired) electrons. The molecule has 1 heterocycles. The van der Waals surface area contributed by atoms with E-state index in [9.17, 15) is 13.2 Å². The van der Waals surface area contributed by atoms with E-state index in [2.05, 4.69) is 21.2 Å². The predicted octanol–water partition coefficient (Wildman–Crippen LogP) is 4.12. The molecule has 0 aliphatic carbocycles. The van der Waals surface area contributed by atoms with Crippen LogP contribution >= 0.6 is 15.9 Å². The number of halogens is 1. The first-order valence-corrected chi connectivity index (χ1v) is 12.2. The van der Waals surface area contributed by atoms with Gasteiger partial charge in [-0.3, -0.25) is 4.79 Å². The molecule has 0 bridgehead atoms. The number of anilines is 1. The van der Waals surface area contributed by atoms with Crippen LogP contribution in [0.15, 0.2) is 39.7 Å². The van der Waals surface area contributed by atoms with Crippen molar-refractivity contribution in [2.45, 2.75) is 31.6 Å². The van der Waals surface area contributed by atoms with E-state index in [-0.39, 0.29) is 17.3 Å². The summed E-state index contributed by atoms with van der Waals surface area (Å²) in [6.45, 7) is 4.37. The lowest BCUT2D eigenvalue weighted by molar-refractivity contribution is -0.120. The molecule has 1 N–H and O–H groups in total. The van der Waals surface area contributed by atoms with Crippen LogP contribution in [0.5, 0.6) is 11.5 Å². The number of nitrogens with zero attached hydrogens (tertiary/aromatic N) is 1. The molecule has 0 unspecified atom stereocenters. The van der Waals surface area contributed by atoms with Crippen molar-refractivity contribution >= 4 is 37.5 Å². The zero-order chi connectivity index (χ0) is 22.8. The minimum absolute atomic E-state index is 0.116. The number of ether oxygens (including phenoxy) is 2. The molecule has 1 amide bonds. The number of amides is 1. The van der Waals surface area contributed by atoms with E-state index in [0.717, 1.165) is 21.3 Å². The van der Waals surface area contributed by atoms with Crippen LogP contribution in [0.4, 0.5) is 5.69 Å². The van der Waals surface area contributed by atoms with Gasteiger partial charge in [0.05, 0.1) is 25.0 Å². The molecular weight excluding hydrogens is 484 g/mol. The van der Waals surface area contributed by atoms with Crippen LogP contribution < -0.4 is 14.8 Å². The molecule has 9 heteroatoms. The number of methoxy groups -OCH3 is 2. The van der Waals surface area contributed by atoms with Crippen molar-refractivity contribution in [3.8, 4) is 11.5 Å². The Labute approximate surface area is 191 Å². The Hall–Kier alpha value is -2.10. The smallest absolute Gasteiger partial charge is 0.243 e. The van der Waals surface area contributed by atoms with E-state index in [1.165, 1.54) is 30.7 Å². The van der Waals surface area contributed by atoms with Crippen LogP contribution in [0.2, 0.25) is 0 Å². The van der Waals surface area contributed by atoms with Gasteiger partial charge in [0.1, 0.15) is 0 Å². The van der Waals surface area contributed by atoms with Crippen LogP contribution in [0.3, 0.4) is 0 Å². The zero-order valence-corrected chi connectivity index (χ0v) is 20.5. The average Bonchev–Trinajstić information content (AvgIpc) is 2.75. The van der Waals surface area contributed by atoms with Gasteiger partial charge in [-0.25, -0.2) is 8.42 Å². The van der Waals surface area contributed by atoms with Crippen LogP contribution in [0.1, 0.15) is 24.0 Å². The van der Waals surface area contributed by atoms with Crippen molar-refractivity contribution in [3.05, 3.63) is 45.9 Å². The summed E-state index contributed by atoms with van der Waals surface area (Å²) < 4.78 is 39.2. The molecule has 2 aromatic rings. The molecule has 31 heavy (non-hydrogen) atoms. The second kappa shape index (κ2) is 9.58. The number of hydrogen-bond donors (Lipinski definition) is 1. The van der Waals surface area contributed by atoms with Gasteiger partial charge in [-0.2, -0.15) is 4.31 Å². The summed E-state index contributed by atoms with van der Waals surface area (Å²) in [5.41, 5.74) is 2.67. The van der Waals surface area contributed by atoms with E-state index in [4.69, 9.17) is 9.47 Å². The van der Waals surface area contributed by atoms with Gasteiger partial charge in [0.25, 0.3) is 0 Å². The summed E-state index contributed by atoms with van der Waals surface area (Å²) >= 11 is 3.46. The molecule has 1 aliphatic rings. The maximum Gasteiger partial charge on any atom is 0.243 e. The molecular formula is C22H27BrN2O5S. The van der Waals surface area contributed by atoms with Crippen molar-refractivity contribution in [3.63, 3.8) is 0 Å². The van der Waals surface area contributed by atoms with Gasteiger partial charge in [0.2, 0.25) is 15.9 Å². The highest BCUT2D eigenvalue weighted by Crippen LogP contribution is 2.32. The maximum atomic E-state index is 13.2. The van der Waals surface area contributed by atoms with E-state index in [1.54, 1.807) is 6.07 Å². The summed E-state index contributed by atoms with van der Waals surface area (Å²) in [4.78, 5) is 13.1. The third kappa shape index (κ3) is 5.05. The van der Waals surface area contributed by atoms with Crippen molar-refractivity contribution in [1.82, 2.24) is 4.31 Å². The predicted molar refractivity (Wildman–Crippen MR) is 123 cm³/mol. The van der Waals surface area contributed by atoms with Crippen molar-refractivity contribution in [2.24, 2.45) is 5.92 Å². The quantitative estimate of drug-likeness (QED) is 0.631. The second-order valence-corrected chi connectivity index (χ2v) is 10.5. The van der Waals surface area contributed by atoms with Gasteiger partial charge in [0.15, 0.2) is 11.5 Å². The van der Waals surface area contributed by atoms with E-state index < -0.39 is 15.9 Å². The number of benzene rings is 2. The number of sulfonamides is 1. The molecule has 0 saturated carbocycles. The van der Waals surface area contributed by atoms with Crippen LogP contribution in [0, 0.1) is 19.8 Å². The third-order valence-corrected chi connectivity index (χ3v) is 7.81. The molecule has 2 aromatic carbocycles. The monoisotopic (exact) mass is 510 g/mol. The number of hydrogen-bond acceptors (Lipinski definition) is 5. The molecule has 1 fully saturated rings. The van der Waals surface area contributed by atoms with E-state index >= 15 is 0 Å². The van der Waals surface area contributed by atoms with Gasteiger partial charge in [-0.15, -0.1) is 0 Å². The Morgan fingerprint density at radius 1 is 1.10 bits per heavy atom. The average molecular weight is 511 g/mol. The number of piperidine rings is 1. The minimum atomic E-state index is -3.77. The normalized spacial score (nSPS) is 17.3. The fourth-order valence-electron chi connectivity index (χ4n) is 3.83. The van der Waals surface area contributed by atoms with Crippen molar-refractivity contribution in [1.29, 1.82) is 0 Å². The highest BCUT2D eigenvalue weighted by Gasteiger charge is 2.34. The zero-order valence-electron chi connectivity index (χ0n) is 18.1. The standard InChI is InChI=1S/C22H27BrN2O5S/c1-14-10-17(23)11-15(2)21(14)24-22(26)16-6-5-9-25(13-16)31(27,28)18-7-8-19(29-3)20(12-18)30-4/h7-8,10-12,16H,5-6,9,13H2,1-4H3,(H,24,26)/t16-/m0/s1. The van der Waals surface area contributed by atoms with Crippen molar-refractivity contribution in [2.75, 3.05) is 32.6 Å². The van der Waals surface area contributed by atoms with Crippen molar-refractivity contribution < 1.29 is 22.7 Å².